The van der Waals surface area contributed by atoms with Gasteiger partial charge in [-0.25, -0.2) is 0 Å². The number of nitrogens with one attached hydrogen (secondary N) is 1. The molecule has 4 unspecified atom stereocenters. The topological polar surface area (TPSA) is 41.6 Å². The summed E-state index contributed by atoms with van der Waals surface area (Å²) >= 11 is 7.29. The average Bonchev–Trinajstić information content (AvgIpc) is 3.01. The number of carbonyl (C=O) groups excluding carboxylic acids is 1. The Kier molecular flexibility index (Phi) is 4.71. The molecule has 132 valence electrons. The normalized spacial score (nSPS) is 27.9. The van der Waals surface area contributed by atoms with Crippen LogP contribution in [0.4, 0.5) is 0 Å². The largest absolute Gasteiger partial charge is 0.447 e. The Labute approximate surface area is 156 Å². The third kappa shape index (κ3) is 3.68. The van der Waals surface area contributed by atoms with Gasteiger partial charge in [0.2, 0.25) is 0 Å². The number of hydrogen-bond donors (Lipinski definition) is 1. The Balaban J connectivity index is 1.37. The van der Waals surface area contributed by atoms with Crippen molar-refractivity contribution in [2.45, 2.75) is 31.8 Å². The summed E-state index contributed by atoms with van der Waals surface area (Å²) in [6.07, 6.45) is 2.37. The number of fused-ring (bicyclic) bond motifs is 3. The molecule has 4 heterocycles. The number of piperidine rings is 3. The van der Waals surface area contributed by atoms with Gasteiger partial charge < -0.3 is 10.1 Å². The van der Waals surface area contributed by atoms with Crippen LogP contribution in [0.1, 0.15) is 30.1 Å². The molecule has 1 amide bonds. The third-order valence-electron chi connectivity index (χ3n) is 5.25. The monoisotopic (exact) mass is 376 g/mol. The summed E-state index contributed by atoms with van der Waals surface area (Å²) in [5.41, 5.74) is 0.668. The molecule has 0 aliphatic carbocycles. The van der Waals surface area contributed by atoms with E-state index in [1.54, 1.807) is 6.07 Å². The zero-order valence-electron chi connectivity index (χ0n) is 14.1. The predicted octanol–water partition coefficient (Wildman–Crippen LogP) is 4.41. The van der Waals surface area contributed by atoms with Crippen molar-refractivity contribution in [2.24, 2.45) is 5.92 Å². The molecule has 3 saturated heterocycles. The number of carbonyl (C=O) groups is 1. The van der Waals surface area contributed by atoms with Crippen LogP contribution in [0.3, 0.4) is 0 Å². The fourth-order valence-electron chi connectivity index (χ4n) is 3.85. The first-order chi connectivity index (χ1) is 12.1. The maximum absolute atomic E-state index is 12.6. The molecule has 2 aromatic rings. The first kappa shape index (κ1) is 16.9. The van der Waals surface area contributed by atoms with E-state index in [2.05, 4.69) is 17.1 Å². The summed E-state index contributed by atoms with van der Waals surface area (Å²) in [6, 6.07) is 11.8. The van der Waals surface area contributed by atoms with Gasteiger partial charge in [-0.3, -0.25) is 9.69 Å². The van der Waals surface area contributed by atoms with E-state index in [4.69, 9.17) is 16.3 Å². The van der Waals surface area contributed by atoms with Crippen molar-refractivity contribution in [3.8, 4) is 10.8 Å². The molecule has 3 fully saturated rings. The van der Waals surface area contributed by atoms with Crippen molar-refractivity contribution in [3.05, 3.63) is 46.3 Å². The van der Waals surface area contributed by atoms with E-state index in [-0.39, 0.29) is 11.9 Å². The van der Waals surface area contributed by atoms with Crippen LogP contribution in [0.25, 0.3) is 0 Å². The van der Waals surface area contributed by atoms with Crippen molar-refractivity contribution < 1.29 is 9.53 Å². The van der Waals surface area contributed by atoms with Gasteiger partial charge in [0.15, 0.2) is 5.06 Å². The van der Waals surface area contributed by atoms with Gasteiger partial charge in [0.1, 0.15) is 5.75 Å². The SMILES string of the molecule is CC1CC2CCN1CC2NC(=O)c1ccc(Oc2ccc(Cl)s2)cc1. The molecule has 1 N–H and O–H groups in total. The number of rotatable bonds is 4. The van der Waals surface area contributed by atoms with Crippen LogP contribution >= 0.6 is 22.9 Å². The van der Waals surface area contributed by atoms with E-state index in [0.29, 0.717) is 27.6 Å². The Bertz CT molecular complexity index is 761. The minimum atomic E-state index is -0.00267. The summed E-state index contributed by atoms with van der Waals surface area (Å²) in [5, 5.41) is 3.96. The van der Waals surface area contributed by atoms with E-state index in [9.17, 15) is 4.79 Å². The Morgan fingerprint density at radius 3 is 2.68 bits per heavy atom. The summed E-state index contributed by atoms with van der Waals surface area (Å²) in [4.78, 5) is 15.0. The molecule has 3 aliphatic heterocycles. The first-order valence-electron chi connectivity index (χ1n) is 8.66. The average molecular weight is 377 g/mol. The maximum atomic E-state index is 12.6. The Hall–Kier alpha value is -1.56. The zero-order valence-corrected chi connectivity index (χ0v) is 15.6. The fraction of sp³-hybridized carbons (Fsp3) is 0.421. The van der Waals surface area contributed by atoms with Gasteiger partial charge in [0.25, 0.3) is 5.91 Å². The molecule has 3 aliphatic rings. The lowest BCUT2D eigenvalue weighted by atomic mass is 9.80. The van der Waals surface area contributed by atoms with Gasteiger partial charge in [0, 0.05) is 24.2 Å². The number of benzene rings is 1. The van der Waals surface area contributed by atoms with E-state index in [0.717, 1.165) is 18.2 Å². The lowest BCUT2D eigenvalue weighted by Gasteiger charge is -2.48. The number of amides is 1. The number of nitrogens with zero attached hydrogens (tertiary/aromatic N) is 1. The summed E-state index contributed by atoms with van der Waals surface area (Å²) < 4.78 is 6.42. The Morgan fingerprint density at radius 2 is 2.08 bits per heavy atom. The molecule has 5 rings (SSSR count). The molecule has 6 heteroatoms. The molecule has 2 bridgehead atoms. The maximum Gasteiger partial charge on any atom is 0.251 e. The van der Waals surface area contributed by atoms with Crippen LogP contribution in [-0.2, 0) is 0 Å². The highest BCUT2D eigenvalue weighted by Gasteiger charge is 2.38. The van der Waals surface area contributed by atoms with Crippen molar-refractivity contribution in [3.63, 3.8) is 0 Å². The second-order valence-corrected chi connectivity index (χ2v) is 8.57. The van der Waals surface area contributed by atoms with E-state index >= 15 is 0 Å². The molecule has 1 aromatic heterocycles. The third-order valence-corrected chi connectivity index (χ3v) is 6.36. The number of thiophene rings is 1. The van der Waals surface area contributed by atoms with Gasteiger partial charge >= 0.3 is 0 Å². The zero-order chi connectivity index (χ0) is 17.4. The van der Waals surface area contributed by atoms with Crippen molar-refractivity contribution in [1.82, 2.24) is 10.2 Å². The van der Waals surface area contributed by atoms with Gasteiger partial charge in [-0.15, -0.1) is 0 Å². The second-order valence-electron chi connectivity index (χ2n) is 6.89. The van der Waals surface area contributed by atoms with Crippen LogP contribution in [0.15, 0.2) is 36.4 Å². The molecular weight excluding hydrogens is 356 g/mol. The van der Waals surface area contributed by atoms with Crippen LogP contribution in [0.5, 0.6) is 10.8 Å². The van der Waals surface area contributed by atoms with Crippen LogP contribution in [0, 0.1) is 5.92 Å². The number of hydrogen-bond acceptors (Lipinski definition) is 4. The van der Waals surface area contributed by atoms with E-state index in [1.807, 2.05) is 30.3 Å². The molecule has 0 radical (unpaired) electrons. The fourth-order valence-corrected chi connectivity index (χ4v) is 4.75. The molecule has 4 atom stereocenters. The molecule has 25 heavy (non-hydrogen) atoms. The first-order valence-corrected chi connectivity index (χ1v) is 9.86. The minimum absolute atomic E-state index is 0.00267. The van der Waals surface area contributed by atoms with Crippen LogP contribution in [-0.4, -0.2) is 36.0 Å². The summed E-state index contributed by atoms with van der Waals surface area (Å²) in [6.45, 7) is 4.42. The molecule has 1 aromatic carbocycles. The summed E-state index contributed by atoms with van der Waals surface area (Å²) in [7, 11) is 0. The highest BCUT2D eigenvalue weighted by molar-refractivity contribution is 7.17. The van der Waals surface area contributed by atoms with Gasteiger partial charge in [-0.2, -0.15) is 0 Å². The van der Waals surface area contributed by atoms with E-state index in [1.165, 1.54) is 24.2 Å². The second kappa shape index (κ2) is 6.98. The number of halogens is 1. The highest BCUT2D eigenvalue weighted by Crippen LogP contribution is 2.33. The molecule has 0 spiro atoms. The smallest absolute Gasteiger partial charge is 0.251 e. The number of ether oxygens (including phenoxy) is 1. The van der Waals surface area contributed by atoms with Gasteiger partial charge in [0.05, 0.1) is 4.34 Å². The van der Waals surface area contributed by atoms with Gasteiger partial charge in [-0.05, 0) is 68.6 Å². The molecular formula is C19H21ClN2O2S. The minimum Gasteiger partial charge on any atom is -0.447 e. The Morgan fingerprint density at radius 1 is 1.28 bits per heavy atom. The van der Waals surface area contributed by atoms with Crippen molar-refractivity contribution in [1.29, 1.82) is 0 Å². The molecule has 4 nitrogen and oxygen atoms in total. The standard InChI is InChI=1S/C19H21ClN2O2S/c1-12-10-14-8-9-22(12)11-16(14)21-19(23)13-2-4-15(5-3-13)24-18-7-6-17(20)25-18/h2-7,12,14,16H,8-11H2,1H3,(H,21,23). The highest BCUT2D eigenvalue weighted by atomic mass is 35.5. The van der Waals surface area contributed by atoms with Crippen molar-refractivity contribution in [2.75, 3.05) is 13.1 Å². The summed E-state index contributed by atoms with van der Waals surface area (Å²) in [5.74, 6) is 1.30. The van der Waals surface area contributed by atoms with Gasteiger partial charge in [-0.1, -0.05) is 22.9 Å². The lowest BCUT2D eigenvalue weighted by Crippen LogP contribution is -2.60. The van der Waals surface area contributed by atoms with Crippen LogP contribution in [0.2, 0.25) is 4.34 Å². The molecule has 0 saturated carbocycles. The predicted molar refractivity (Wildman–Crippen MR) is 101 cm³/mol. The lowest BCUT2D eigenvalue weighted by molar-refractivity contribution is 0.0274. The van der Waals surface area contributed by atoms with Crippen LogP contribution < -0.4 is 10.1 Å². The quantitative estimate of drug-likeness (QED) is 0.859. The van der Waals surface area contributed by atoms with Crippen molar-refractivity contribution >= 4 is 28.8 Å². The van der Waals surface area contributed by atoms with E-state index < -0.39 is 0 Å².